The van der Waals surface area contributed by atoms with Gasteiger partial charge in [0.15, 0.2) is 11.5 Å². The zero-order chi connectivity index (χ0) is 23.4. The summed E-state index contributed by atoms with van der Waals surface area (Å²) in [5, 5.41) is 5.81. The first-order valence-electron chi connectivity index (χ1n) is 9.87. The minimum Gasteiger partial charge on any atom is -0.361 e. The van der Waals surface area contributed by atoms with Crippen LogP contribution in [0.1, 0.15) is 12.7 Å². The smallest absolute Gasteiger partial charge is 0.233 e. The van der Waals surface area contributed by atoms with Crippen molar-refractivity contribution in [3.05, 3.63) is 66.5 Å². The number of para-hydroxylation sites is 1. The number of benzene rings is 2. The number of amides is 1. The van der Waals surface area contributed by atoms with E-state index in [0.717, 1.165) is 5.69 Å². The van der Waals surface area contributed by atoms with Gasteiger partial charge >= 0.3 is 0 Å². The Morgan fingerprint density at radius 3 is 2.67 bits per heavy atom. The molecule has 5 aromatic rings. The topological polar surface area (TPSA) is 113 Å². The van der Waals surface area contributed by atoms with Crippen LogP contribution >= 0.6 is 0 Å². The summed E-state index contributed by atoms with van der Waals surface area (Å²) in [4.78, 5) is 31.8. The largest absolute Gasteiger partial charge is 0.361 e. The molecule has 10 heteroatoms. The first-order chi connectivity index (χ1) is 16.1. The van der Waals surface area contributed by atoms with Gasteiger partial charge in [-0.05, 0) is 24.3 Å². The molecule has 0 aliphatic heterocycles. The molecule has 0 radical (unpaired) electrons. The predicted octanol–water partition coefficient (Wildman–Crippen LogP) is 3.65. The molecule has 0 aliphatic rings. The lowest BCUT2D eigenvalue weighted by molar-refractivity contribution is -0.114. The first kappa shape index (κ1) is 21.5. The molecule has 0 saturated heterocycles. The third-order valence-corrected chi connectivity index (χ3v) is 4.69. The maximum absolute atomic E-state index is 14.0. The fourth-order valence-electron chi connectivity index (χ4n) is 3.42. The van der Waals surface area contributed by atoms with Gasteiger partial charge in [-0.3, -0.25) is 14.7 Å². The Balaban J connectivity index is 0.00000126. The molecule has 164 valence electrons. The van der Waals surface area contributed by atoms with Crippen LogP contribution in [0.2, 0.25) is 0 Å². The monoisotopic (exact) mass is 442 g/mol. The van der Waals surface area contributed by atoms with Crippen molar-refractivity contribution in [1.29, 1.82) is 0 Å². The number of carbonyl (C=O) groups excluding carboxylic acids is 1. The molecule has 3 N–H and O–H groups in total. The van der Waals surface area contributed by atoms with Crippen molar-refractivity contribution >= 4 is 39.9 Å². The number of rotatable bonds is 5. The van der Waals surface area contributed by atoms with E-state index in [1.807, 2.05) is 34.9 Å². The summed E-state index contributed by atoms with van der Waals surface area (Å²) < 4.78 is 15.9. The Morgan fingerprint density at radius 2 is 1.91 bits per heavy atom. The molecule has 0 bridgehead atoms. The van der Waals surface area contributed by atoms with Crippen molar-refractivity contribution in [2.75, 3.05) is 10.6 Å². The van der Waals surface area contributed by atoms with Crippen LogP contribution in [0.25, 0.3) is 27.9 Å². The van der Waals surface area contributed by atoms with Gasteiger partial charge in [0.05, 0.1) is 23.9 Å². The summed E-state index contributed by atoms with van der Waals surface area (Å²) in [5.41, 5.74) is 3.22. The lowest BCUT2D eigenvalue weighted by atomic mass is 10.2. The number of nitrogens with one attached hydrogen (secondary N) is 3. The Labute approximate surface area is 188 Å². The molecular weight excluding hydrogens is 423 g/mol. The summed E-state index contributed by atoms with van der Waals surface area (Å²) in [7, 11) is 0. The van der Waals surface area contributed by atoms with Crippen LogP contribution in [0.15, 0.2) is 54.9 Å². The quantitative estimate of drug-likeness (QED) is 0.358. The van der Waals surface area contributed by atoms with E-state index in [2.05, 4.69) is 48.4 Å². The normalized spacial score (nSPS) is 10.5. The van der Waals surface area contributed by atoms with E-state index < -0.39 is 0 Å². The van der Waals surface area contributed by atoms with E-state index in [-0.39, 0.29) is 24.2 Å². The number of imidazole rings is 2. The van der Waals surface area contributed by atoms with Crippen LogP contribution < -0.4 is 10.6 Å². The molecule has 0 atom stereocenters. The molecule has 33 heavy (non-hydrogen) atoms. The Bertz CT molecular complexity index is 1460. The molecule has 1 amide bonds. The number of hydrogen-bond acceptors (Lipinski definition) is 6. The molecule has 3 heterocycles. The van der Waals surface area contributed by atoms with E-state index in [1.54, 1.807) is 6.07 Å². The molecule has 0 saturated carbocycles. The van der Waals surface area contributed by atoms with Gasteiger partial charge in [-0.1, -0.05) is 18.2 Å². The zero-order valence-electron chi connectivity index (χ0n) is 17.6. The highest BCUT2D eigenvalue weighted by Gasteiger charge is 2.15. The maximum atomic E-state index is 14.0. The highest BCUT2D eigenvalue weighted by Crippen LogP contribution is 2.24. The molecule has 3 aromatic heterocycles. The van der Waals surface area contributed by atoms with Crippen LogP contribution in [0, 0.1) is 18.7 Å². The minimum atomic E-state index is -0.334. The molecule has 0 unspecified atom stereocenters. The van der Waals surface area contributed by atoms with Crippen LogP contribution in [0.5, 0.6) is 0 Å². The van der Waals surface area contributed by atoms with Crippen molar-refractivity contribution < 1.29 is 9.18 Å². The molecular formula is C23H19FN8O. The van der Waals surface area contributed by atoms with E-state index in [4.69, 9.17) is 0 Å². The second-order valence-corrected chi connectivity index (χ2v) is 6.86. The van der Waals surface area contributed by atoms with Crippen LogP contribution in [0.3, 0.4) is 0 Å². The van der Waals surface area contributed by atoms with E-state index in [0.29, 0.717) is 33.8 Å². The second-order valence-electron chi connectivity index (χ2n) is 6.86. The number of H-pyrrole nitrogens is 1. The van der Waals surface area contributed by atoms with Crippen molar-refractivity contribution in [1.82, 2.24) is 29.5 Å². The average molecular weight is 442 g/mol. The van der Waals surface area contributed by atoms with E-state index >= 15 is 0 Å². The fraction of sp³-hybridized carbons (Fsp3) is 0.0870. The average Bonchev–Trinajstić information content (AvgIpc) is 3.43. The van der Waals surface area contributed by atoms with Crippen molar-refractivity contribution in [3.8, 4) is 18.5 Å². The number of terminal acetylenes is 1. The molecule has 0 spiro atoms. The number of nitrogens with zero attached hydrogens (tertiary/aromatic N) is 5. The molecule has 0 fully saturated rings. The summed E-state index contributed by atoms with van der Waals surface area (Å²) in [6.45, 7) is 1.67. The lowest BCUT2D eigenvalue weighted by Crippen LogP contribution is -2.13. The SMILES string of the molecule is C#C.CC(=O)Nc1nc(NCc2nc3ccc(F)cc3n2-c2ccccc2)c2[nH]cnc2n1. The summed E-state index contributed by atoms with van der Waals surface area (Å²) in [6.07, 6.45) is 9.50. The number of hydrogen-bond donors (Lipinski definition) is 3. The third kappa shape index (κ3) is 4.33. The Hall–Kier alpha value is -4.78. The number of aromatic nitrogens is 6. The minimum absolute atomic E-state index is 0.147. The molecule has 2 aromatic carbocycles. The van der Waals surface area contributed by atoms with Crippen LogP contribution in [-0.4, -0.2) is 35.4 Å². The first-order valence-corrected chi connectivity index (χ1v) is 9.87. The zero-order valence-corrected chi connectivity index (χ0v) is 17.6. The lowest BCUT2D eigenvalue weighted by Gasteiger charge is -2.11. The Kier molecular flexibility index (Phi) is 5.95. The Morgan fingerprint density at radius 1 is 1.12 bits per heavy atom. The fourth-order valence-corrected chi connectivity index (χ4v) is 3.42. The van der Waals surface area contributed by atoms with Gasteiger partial charge in [-0.25, -0.2) is 14.4 Å². The van der Waals surface area contributed by atoms with Gasteiger partial charge in [0.1, 0.15) is 17.2 Å². The van der Waals surface area contributed by atoms with Crippen LogP contribution in [-0.2, 0) is 11.3 Å². The maximum Gasteiger partial charge on any atom is 0.233 e. The van der Waals surface area contributed by atoms with Gasteiger partial charge in [0.2, 0.25) is 11.9 Å². The molecule has 9 nitrogen and oxygen atoms in total. The third-order valence-electron chi connectivity index (χ3n) is 4.69. The van der Waals surface area contributed by atoms with Gasteiger partial charge < -0.3 is 10.3 Å². The van der Waals surface area contributed by atoms with Crippen molar-refractivity contribution in [3.63, 3.8) is 0 Å². The van der Waals surface area contributed by atoms with Gasteiger partial charge in [0.25, 0.3) is 0 Å². The number of carbonyl (C=O) groups is 1. The number of aromatic amines is 1. The molecule has 5 rings (SSSR count). The number of fused-ring (bicyclic) bond motifs is 2. The predicted molar refractivity (Wildman–Crippen MR) is 124 cm³/mol. The van der Waals surface area contributed by atoms with Crippen LogP contribution in [0.4, 0.5) is 16.2 Å². The number of halogens is 1. The van der Waals surface area contributed by atoms with E-state index in [1.165, 1.54) is 25.4 Å². The summed E-state index contributed by atoms with van der Waals surface area (Å²) in [6, 6.07) is 14.1. The standard InChI is InChI=1S/C21H17FN8O.C2H2/c1-12(31)26-21-28-19(18-20(29-21)25-11-24-18)23-10-17-27-15-8-7-13(22)9-16(15)30(17)14-5-3-2-4-6-14;1-2/h2-9,11H,10H2,1H3,(H3,23,24,25,26,28,29,31);1-2H. The van der Waals surface area contributed by atoms with Gasteiger partial charge in [-0.2, -0.15) is 9.97 Å². The summed E-state index contributed by atoms with van der Waals surface area (Å²) >= 11 is 0. The number of anilines is 2. The van der Waals surface area contributed by atoms with Crippen molar-refractivity contribution in [2.24, 2.45) is 0 Å². The van der Waals surface area contributed by atoms with Gasteiger partial charge in [0, 0.05) is 18.7 Å². The van der Waals surface area contributed by atoms with Crippen molar-refractivity contribution in [2.45, 2.75) is 13.5 Å². The second kappa shape index (κ2) is 9.15. The van der Waals surface area contributed by atoms with E-state index in [9.17, 15) is 9.18 Å². The highest BCUT2D eigenvalue weighted by molar-refractivity contribution is 5.90. The highest BCUT2D eigenvalue weighted by atomic mass is 19.1. The molecule has 0 aliphatic carbocycles. The summed E-state index contributed by atoms with van der Waals surface area (Å²) in [5.74, 6) is 0.657. The van der Waals surface area contributed by atoms with Gasteiger partial charge in [-0.15, -0.1) is 12.8 Å².